The van der Waals surface area contributed by atoms with Crippen LogP contribution in [-0.4, -0.2) is 33.2 Å². The van der Waals surface area contributed by atoms with Crippen LogP contribution >= 0.6 is 0 Å². The minimum Gasteiger partial charge on any atom is -0.490 e. The molecule has 0 spiro atoms. The smallest absolute Gasteiger partial charge is 0.446 e. The minimum atomic E-state index is -4.55. The fourth-order valence-electron chi connectivity index (χ4n) is 1.19. The highest BCUT2D eigenvalue weighted by atomic mass is 32.3. The molecule has 1 rings (SSSR count). The summed E-state index contributed by atoms with van der Waals surface area (Å²) in [6.07, 6.45) is 1.41. The van der Waals surface area contributed by atoms with Gasteiger partial charge >= 0.3 is 16.4 Å². The SMILES string of the molecule is COC(=O)C(=Cc1ccc(OS(=O)(=O)O)cc1)OC. The van der Waals surface area contributed by atoms with E-state index < -0.39 is 16.4 Å². The van der Waals surface area contributed by atoms with Gasteiger partial charge in [0.25, 0.3) is 0 Å². The molecule has 104 valence electrons. The van der Waals surface area contributed by atoms with Crippen LogP contribution in [0.25, 0.3) is 6.08 Å². The first-order valence-corrected chi connectivity index (χ1v) is 6.33. The van der Waals surface area contributed by atoms with Gasteiger partial charge in [-0.2, -0.15) is 8.42 Å². The van der Waals surface area contributed by atoms with E-state index in [9.17, 15) is 13.2 Å². The number of carbonyl (C=O) groups excluding carboxylic acids is 1. The highest BCUT2D eigenvalue weighted by Crippen LogP contribution is 2.16. The number of hydrogen-bond acceptors (Lipinski definition) is 6. The van der Waals surface area contributed by atoms with Crippen molar-refractivity contribution in [3.63, 3.8) is 0 Å². The second kappa shape index (κ2) is 6.21. The second-order valence-electron chi connectivity index (χ2n) is 3.28. The highest BCUT2D eigenvalue weighted by molar-refractivity contribution is 7.81. The van der Waals surface area contributed by atoms with Crippen LogP contribution in [0.1, 0.15) is 5.56 Å². The zero-order chi connectivity index (χ0) is 14.5. The molecule has 1 aromatic carbocycles. The van der Waals surface area contributed by atoms with Crippen molar-refractivity contribution in [2.45, 2.75) is 0 Å². The van der Waals surface area contributed by atoms with Gasteiger partial charge in [-0.05, 0) is 23.8 Å². The van der Waals surface area contributed by atoms with Crippen LogP contribution in [-0.2, 0) is 24.7 Å². The lowest BCUT2D eigenvalue weighted by Crippen LogP contribution is -2.07. The van der Waals surface area contributed by atoms with Gasteiger partial charge in [0.2, 0.25) is 5.76 Å². The lowest BCUT2D eigenvalue weighted by Gasteiger charge is -2.04. The Hall–Kier alpha value is -2.06. The summed E-state index contributed by atoms with van der Waals surface area (Å²) < 4.78 is 43.0. The monoisotopic (exact) mass is 288 g/mol. The third kappa shape index (κ3) is 4.98. The van der Waals surface area contributed by atoms with Gasteiger partial charge in [0.1, 0.15) is 5.75 Å². The van der Waals surface area contributed by atoms with E-state index in [0.29, 0.717) is 5.56 Å². The van der Waals surface area contributed by atoms with Crippen molar-refractivity contribution in [2.24, 2.45) is 0 Å². The van der Waals surface area contributed by atoms with Crippen molar-refractivity contribution >= 4 is 22.4 Å². The molecule has 1 aromatic rings. The summed E-state index contributed by atoms with van der Waals surface area (Å²) in [5.41, 5.74) is 0.560. The van der Waals surface area contributed by atoms with Crippen molar-refractivity contribution in [1.29, 1.82) is 0 Å². The Morgan fingerprint density at radius 3 is 2.16 bits per heavy atom. The molecule has 0 aromatic heterocycles. The highest BCUT2D eigenvalue weighted by Gasteiger charge is 2.10. The molecule has 0 aliphatic carbocycles. The number of ether oxygens (including phenoxy) is 2. The van der Waals surface area contributed by atoms with Crippen LogP contribution in [0.2, 0.25) is 0 Å². The third-order valence-electron chi connectivity index (χ3n) is 1.99. The predicted octanol–water partition coefficient (Wildman–Crippen LogP) is 1.03. The Morgan fingerprint density at radius 1 is 1.16 bits per heavy atom. The first-order valence-electron chi connectivity index (χ1n) is 4.96. The number of carbonyl (C=O) groups is 1. The molecule has 0 aliphatic heterocycles. The summed E-state index contributed by atoms with van der Waals surface area (Å²) in [6.45, 7) is 0. The largest absolute Gasteiger partial charge is 0.490 e. The Balaban J connectivity index is 2.93. The molecular formula is C11H12O7S. The van der Waals surface area contributed by atoms with Gasteiger partial charge in [0.05, 0.1) is 14.2 Å². The molecule has 7 nitrogen and oxygen atoms in total. The van der Waals surface area contributed by atoms with E-state index in [1.807, 2.05) is 0 Å². The maximum atomic E-state index is 11.2. The summed E-state index contributed by atoms with van der Waals surface area (Å²) in [4.78, 5) is 11.2. The standard InChI is InChI=1S/C11H12O7S/c1-16-10(11(12)17-2)7-8-3-5-9(6-4-8)18-19(13,14)15/h3-7H,1-2H3,(H,13,14,15). The van der Waals surface area contributed by atoms with Crippen molar-refractivity contribution in [3.05, 3.63) is 35.6 Å². The minimum absolute atomic E-state index is 0.00838. The fraction of sp³-hybridized carbons (Fsp3) is 0.182. The molecule has 0 amide bonds. The Morgan fingerprint density at radius 2 is 1.74 bits per heavy atom. The van der Waals surface area contributed by atoms with Crippen molar-refractivity contribution in [1.82, 2.24) is 0 Å². The van der Waals surface area contributed by atoms with Crippen molar-refractivity contribution < 1.29 is 31.4 Å². The molecule has 0 atom stereocenters. The van der Waals surface area contributed by atoms with Gasteiger partial charge < -0.3 is 13.7 Å². The molecule has 0 unspecified atom stereocenters. The summed E-state index contributed by atoms with van der Waals surface area (Å²) in [6, 6.07) is 5.57. The summed E-state index contributed by atoms with van der Waals surface area (Å²) >= 11 is 0. The molecular weight excluding hydrogens is 276 g/mol. The van der Waals surface area contributed by atoms with Crippen molar-refractivity contribution in [3.8, 4) is 5.75 Å². The quantitative estimate of drug-likeness (QED) is 0.374. The van der Waals surface area contributed by atoms with Crippen LogP contribution in [0.3, 0.4) is 0 Å². The maximum absolute atomic E-state index is 11.2. The maximum Gasteiger partial charge on any atom is 0.446 e. The van der Waals surface area contributed by atoms with Gasteiger partial charge in [0.15, 0.2) is 0 Å². The van der Waals surface area contributed by atoms with Gasteiger partial charge in [0, 0.05) is 0 Å². The molecule has 0 fully saturated rings. The normalized spacial score (nSPS) is 11.8. The average Bonchev–Trinajstić information content (AvgIpc) is 2.35. The van der Waals surface area contributed by atoms with Gasteiger partial charge in [-0.1, -0.05) is 12.1 Å². The number of esters is 1. The summed E-state index contributed by atoms with van der Waals surface area (Å²) in [7, 11) is -2.01. The summed E-state index contributed by atoms with van der Waals surface area (Å²) in [5.74, 6) is -0.705. The molecule has 0 bridgehead atoms. The third-order valence-corrected chi connectivity index (χ3v) is 2.39. The lowest BCUT2D eigenvalue weighted by atomic mass is 10.2. The second-order valence-corrected chi connectivity index (χ2v) is 4.31. The molecule has 8 heteroatoms. The molecule has 0 heterocycles. The van der Waals surface area contributed by atoms with E-state index in [2.05, 4.69) is 8.92 Å². The van der Waals surface area contributed by atoms with Crippen LogP contribution < -0.4 is 4.18 Å². The zero-order valence-corrected chi connectivity index (χ0v) is 11.0. The van der Waals surface area contributed by atoms with E-state index in [4.69, 9.17) is 9.29 Å². The van der Waals surface area contributed by atoms with E-state index in [1.165, 1.54) is 44.6 Å². The molecule has 0 aliphatic rings. The van der Waals surface area contributed by atoms with E-state index in [0.717, 1.165) is 0 Å². The van der Waals surface area contributed by atoms with Crippen LogP contribution in [0.4, 0.5) is 0 Å². The fourth-order valence-corrected chi connectivity index (χ4v) is 1.55. The number of methoxy groups -OCH3 is 2. The van der Waals surface area contributed by atoms with E-state index >= 15 is 0 Å². The molecule has 19 heavy (non-hydrogen) atoms. The Bertz CT molecular complexity index is 572. The molecule has 0 radical (unpaired) electrons. The number of hydrogen-bond donors (Lipinski definition) is 1. The molecule has 0 saturated carbocycles. The topological polar surface area (TPSA) is 99.1 Å². The van der Waals surface area contributed by atoms with Gasteiger partial charge in [-0.25, -0.2) is 4.79 Å². The van der Waals surface area contributed by atoms with Crippen LogP contribution in [0, 0.1) is 0 Å². The van der Waals surface area contributed by atoms with Gasteiger partial charge in [-0.15, -0.1) is 0 Å². The summed E-state index contributed by atoms with van der Waals surface area (Å²) in [5, 5.41) is 0. The van der Waals surface area contributed by atoms with Gasteiger partial charge in [-0.3, -0.25) is 4.55 Å². The average molecular weight is 288 g/mol. The number of rotatable bonds is 5. The van der Waals surface area contributed by atoms with Crippen LogP contribution in [0.15, 0.2) is 30.0 Å². The number of benzene rings is 1. The predicted molar refractivity (Wildman–Crippen MR) is 65.6 cm³/mol. The van der Waals surface area contributed by atoms with Crippen LogP contribution in [0.5, 0.6) is 5.75 Å². The van der Waals surface area contributed by atoms with E-state index in [1.54, 1.807) is 0 Å². The zero-order valence-electron chi connectivity index (χ0n) is 10.2. The first kappa shape index (κ1) is 15.0. The van der Waals surface area contributed by atoms with E-state index in [-0.39, 0.29) is 11.5 Å². The molecule has 1 N–H and O–H groups in total. The lowest BCUT2D eigenvalue weighted by molar-refractivity contribution is -0.139. The Kier molecular flexibility index (Phi) is 4.90. The molecule has 0 saturated heterocycles. The first-order chi connectivity index (χ1) is 8.85. The van der Waals surface area contributed by atoms with Crippen molar-refractivity contribution in [2.75, 3.05) is 14.2 Å². The Labute approximate surface area is 110 Å².